The maximum absolute atomic E-state index is 12.3. The summed E-state index contributed by atoms with van der Waals surface area (Å²) in [5, 5.41) is 0. The van der Waals surface area contributed by atoms with Crippen LogP contribution in [0.15, 0.2) is 24.3 Å². The number of hydrogen-bond donors (Lipinski definition) is 0. The van der Waals surface area contributed by atoms with Gasteiger partial charge in [0.15, 0.2) is 5.78 Å². The minimum atomic E-state index is -0.174. The molecular weight excluding hydrogens is 254 g/mol. The Bertz CT molecular complexity index is 571. The summed E-state index contributed by atoms with van der Waals surface area (Å²) in [4.78, 5) is 37.9. The van der Waals surface area contributed by atoms with E-state index in [1.54, 1.807) is 12.1 Å². The SMILES string of the molecule is Cc1ccccc1C(=O)CN1C(=O)C2CCCC2C1=O. The normalized spacial score (nSPS) is 25.1. The molecule has 1 aromatic rings. The van der Waals surface area contributed by atoms with E-state index >= 15 is 0 Å². The van der Waals surface area contributed by atoms with E-state index in [4.69, 9.17) is 0 Å². The third-order valence-electron chi connectivity index (χ3n) is 4.43. The van der Waals surface area contributed by atoms with E-state index in [1.165, 1.54) is 4.90 Å². The summed E-state index contributed by atoms with van der Waals surface area (Å²) in [6.45, 7) is 1.74. The van der Waals surface area contributed by atoms with E-state index in [-0.39, 0.29) is 36.0 Å². The minimum Gasteiger partial charge on any atom is -0.292 e. The lowest BCUT2D eigenvalue weighted by Gasteiger charge is -2.15. The van der Waals surface area contributed by atoms with Gasteiger partial charge in [-0.1, -0.05) is 30.7 Å². The second kappa shape index (κ2) is 4.85. The molecular formula is C16H17NO3. The molecule has 2 aliphatic rings. The molecule has 2 amide bonds. The number of likely N-dealkylation sites (tertiary alicyclic amines) is 1. The predicted octanol–water partition coefficient (Wildman–Crippen LogP) is 1.96. The number of aryl methyl sites for hydroxylation is 1. The molecule has 1 heterocycles. The Morgan fingerprint density at radius 2 is 1.75 bits per heavy atom. The highest BCUT2D eigenvalue weighted by Gasteiger charge is 2.49. The number of rotatable bonds is 3. The number of amides is 2. The number of benzene rings is 1. The van der Waals surface area contributed by atoms with Crippen LogP contribution in [-0.4, -0.2) is 29.0 Å². The smallest absolute Gasteiger partial charge is 0.233 e. The van der Waals surface area contributed by atoms with Crippen molar-refractivity contribution in [2.45, 2.75) is 26.2 Å². The van der Waals surface area contributed by atoms with Crippen molar-refractivity contribution in [3.63, 3.8) is 0 Å². The quantitative estimate of drug-likeness (QED) is 0.624. The number of Topliss-reactive ketones (excluding diaryl/α,β-unsaturated/α-hetero) is 1. The van der Waals surface area contributed by atoms with Crippen LogP contribution >= 0.6 is 0 Å². The monoisotopic (exact) mass is 271 g/mol. The van der Waals surface area contributed by atoms with Crippen molar-refractivity contribution in [2.75, 3.05) is 6.54 Å². The molecule has 2 atom stereocenters. The first-order chi connectivity index (χ1) is 9.59. The standard InChI is InChI=1S/C16H17NO3/c1-10-5-2-3-6-11(10)14(18)9-17-15(19)12-7-4-8-13(12)16(17)20/h2-3,5-6,12-13H,4,7-9H2,1H3. The van der Waals surface area contributed by atoms with Gasteiger partial charge in [-0.3, -0.25) is 19.3 Å². The molecule has 2 unspecified atom stereocenters. The maximum atomic E-state index is 12.3. The van der Waals surface area contributed by atoms with Gasteiger partial charge < -0.3 is 0 Å². The van der Waals surface area contributed by atoms with Gasteiger partial charge in [0.2, 0.25) is 11.8 Å². The Morgan fingerprint density at radius 3 is 2.35 bits per heavy atom. The predicted molar refractivity (Wildman–Crippen MR) is 73.1 cm³/mol. The van der Waals surface area contributed by atoms with E-state index in [9.17, 15) is 14.4 Å². The first kappa shape index (κ1) is 13.0. The Balaban J connectivity index is 1.79. The van der Waals surface area contributed by atoms with Gasteiger partial charge in [-0.25, -0.2) is 0 Å². The molecule has 104 valence electrons. The molecule has 20 heavy (non-hydrogen) atoms. The molecule has 1 saturated carbocycles. The van der Waals surface area contributed by atoms with Crippen molar-refractivity contribution in [1.29, 1.82) is 0 Å². The van der Waals surface area contributed by atoms with Gasteiger partial charge in [-0.2, -0.15) is 0 Å². The van der Waals surface area contributed by atoms with Crippen molar-refractivity contribution < 1.29 is 14.4 Å². The van der Waals surface area contributed by atoms with Gasteiger partial charge in [0.1, 0.15) is 0 Å². The van der Waals surface area contributed by atoms with Crippen molar-refractivity contribution in [1.82, 2.24) is 4.90 Å². The molecule has 2 fully saturated rings. The fraction of sp³-hybridized carbons (Fsp3) is 0.438. The highest BCUT2D eigenvalue weighted by molar-refractivity contribution is 6.10. The Hall–Kier alpha value is -1.97. The largest absolute Gasteiger partial charge is 0.292 e. The highest BCUT2D eigenvalue weighted by atomic mass is 16.2. The number of carbonyl (C=O) groups excluding carboxylic acids is 3. The van der Waals surface area contributed by atoms with Crippen LogP contribution in [0.2, 0.25) is 0 Å². The number of carbonyl (C=O) groups is 3. The summed E-state index contributed by atoms with van der Waals surface area (Å²) in [7, 11) is 0. The summed E-state index contributed by atoms with van der Waals surface area (Å²) in [5.74, 6) is -0.817. The molecule has 0 spiro atoms. The van der Waals surface area contributed by atoms with E-state index in [1.807, 2.05) is 19.1 Å². The zero-order valence-corrected chi connectivity index (χ0v) is 11.5. The van der Waals surface area contributed by atoms with Gasteiger partial charge in [0.25, 0.3) is 0 Å². The van der Waals surface area contributed by atoms with Gasteiger partial charge in [0.05, 0.1) is 18.4 Å². The van der Waals surface area contributed by atoms with E-state index < -0.39 is 0 Å². The van der Waals surface area contributed by atoms with Crippen LogP contribution in [0.5, 0.6) is 0 Å². The number of ketones is 1. The van der Waals surface area contributed by atoms with Crippen molar-refractivity contribution in [3.8, 4) is 0 Å². The number of nitrogens with zero attached hydrogens (tertiary/aromatic N) is 1. The maximum Gasteiger partial charge on any atom is 0.233 e. The fourth-order valence-corrected chi connectivity index (χ4v) is 3.33. The molecule has 1 aliphatic heterocycles. The molecule has 4 nitrogen and oxygen atoms in total. The first-order valence-corrected chi connectivity index (χ1v) is 7.03. The first-order valence-electron chi connectivity index (χ1n) is 7.03. The molecule has 0 aromatic heterocycles. The summed E-state index contributed by atoms with van der Waals surface area (Å²) < 4.78 is 0. The molecule has 4 heteroatoms. The summed E-state index contributed by atoms with van der Waals surface area (Å²) in [6, 6.07) is 7.25. The topological polar surface area (TPSA) is 54.5 Å². The second-order valence-electron chi connectivity index (χ2n) is 5.64. The summed E-state index contributed by atoms with van der Waals surface area (Å²) in [5.41, 5.74) is 1.46. The van der Waals surface area contributed by atoms with Crippen LogP contribution < -0.4 is 0 Å². The van der Waals surface area contributed by atoms with Crippen LogP contribution in [0.3, 0.4) is 0 Å². The molecule has 1 saturated heterocycles. The number of fused-ring (bicyclic) bond motifs is 1. The van der Waals surface area contributed by atoms with Gasteiger partial charge in [0, 0.05) is 5.56 Å². The Kier molecular flexibility index (Phi) is 3.16. The summed E-state index contributed by atoms with van der Waals surface area (Å²) in [6.07, 6.45) is 2.50. The van der Waals surface area contributed by atoms with Gasteiger partial charge in [-0.15, -0.1) is 0 Å². The Labute approximate surface area is 117 Å². The zero-order chi connectivity index (χ0) is 14.3. The molecule has 1 aromatic carbocycles. The second-order valence-corrected chi connectivity index (χ2v) is 5.64. The molecule has 3 rings (SSSR count). The fourth-order valence-electron chi connectivity index (χ4n) is 3.33. The molecule has 0 N–H and O–H groups in total. The summed E-state index contributed by atoms with van der Waals surface area (Å²) >= 11 is 0. The van der Waals surface area contributed by atoms with Crippen LogP contribution in [0, 0.1) is 18.8 Å². The van der Waals surface area contributed by atoms with Crippen LogP contribution in [-0.2, 0) is 9.59 Å². The van der Waals surface area contributed by atoms with Crippen molar-refractivity contribution in [2.24, 2.45) is 11.8 Å². The third kappa shape index (κ3) is 1.96. The minimum absolute atomic E-state index is 0.116. The highest BCUT2D eigenvalue weighted by Crippen LogP contribution is 2.39. The zero-order valence-electron chi connectivity index (χ0n) is 11.5. The molecule has 0 radical (unpaired) electrons. The lowest BCUT2D eigenvalue weighted by atomic mass is 10.00. The van der Waals surface area contributed by atoms with Gasteiger partial charge in [-0.05, 0) is 25.3 Å². The van der Waals surface area contributed by atoms with Crippen LogP contribution in [0.1, 0.15) is 35.2 Å². The lowest BCUT2D eigenvalue weighted by molar-refractivity contribution is -0.139. The molecule has 1 aliphatic carbocycles. The average Bonchev–Trinajstić information content (AvgIpc) is 2.99. The average molecular weight is 271 g/mol. The van der Waals surface area contributed by atoms with Gasteiger partial charge >= 0.3 is 0 Å². The third-order valence-corrected chi connectivity index (χ3v) is 4.43. The van der Waals surface area contributed by atoms with E-state index in [2.05, 4.69) is 0 Å². The van der Waals surface area contributed by atoms with Crippen molar-refractivity contribution >= 4 is 17.6 Å². The van der Waals surface area contributed by atoms with E-state index in [0.29, 0.717) is 5.56 Å². The number of hydrogen-bond acceptors (Lipinski definition) is 3. The van der Waals surface area contributed by atoms with Crippen LogP contribution in [0.4, 0.5) is 0 Å². The lowest BCUT2D eigenvalue weighted by Crippen LogP contribution is -2.36. The van der Waals surface area contributed by atoms with Crippen LogP contribution in [0.25, 0.3) is 0 Å². The van der Waals surface area contributed by atoms with Crippen molar-refractivity contribution in [3.05, 3.63) is 35.4 Å². The molecule has 0 bridgehead atoms. The Morgan fingerprint density at radius 1 is 1.15 bits per heavy atom. The number of imide groups is 1. The van der Waals surface area contributed by atoms with E-state index in [0.717, 1.165) is 24.8 Å².